The molecule has 0 saturated carbocycles. The molecule has 0 radical (unpaired) electrons. The van der Waals surface area contributed by atoms with Gasteiger partial charge in [0.2, 0.25) is 0 Å². The largest absolute Gasteiger partial charge is 0.494 e. The fourth-order valence-electron chi connectivity index (χ4n) is 1.99. The highest BCUT2D eigenvalue weighted by Gasteiger charge is 2.04. The van der Waals surface area contributed by atoms with Crippen LogP contribution < -0.4 is 10.3 Å². The number of rotatable bonds is 5. The van der Waals surface area contributed by atoms with E-state index in [1.165, 1.54) is 16.0 Å². The molecule has 2 aromatic heterocycles. The summed E-state index contributed by atoms with van der Waals surface area (Å²) in [6.45, 7) is 1.14. The number of hydrogen-bond donors (Lipinski definition) is 0. The van der Waals surface area contributed by atoms with E-state index in [1.54, 1.807) is 6.20 Å². The molecule has 102 valence electrons. The summed E-state index contributed by atoms with van der Waals surface area (Å²) in [7, 11) is 0. The number of para-hydroxylation sites is 1. The molecule has 0 amide bonds. The van der Waals surface area contributed by atoms with E-state index in [-0.39, 0.29) is 5.56 Å². The Hall–Kier alpha value is -2.14. The molecule has 0 spiro atoms. The summed E-state index contributed by atoms with van der Waals surface area (Å²) in [5, 5.41) is 6.84. The van der Waals surface area contributed by atoms with Gasteiger partial charge in [-0.05, 0) is 23.6 Å². The lowest BCUT2D eigenvalue weighted by molar-refractivity contribution is 0.297. The number of aryl methyl sites for hydroxylation is 1. The summed E-state index contributed by atoms with van der Waals surface area (Å²) in [5.74, 6) is 0.848. The van der Waals surface area contributed by atoms with Crippen LogP contribution in [0, 0.1) is 0 Å². The first kappa shape index (κ1) is 12.9. The van der Waals surface area contributed by atoms with Gasteiger partial charge in [0.1, 0.15) is 5.75 Å². The van der Waals surface area contributed by atoms with E-state index in [4.69, 9.17) is 4.74 Å². The van der Waals surface area contributed by atoms with Gasteiger partial charge in [0.15, 0.2) is 0 Å². The van der Waals surface area contributed by atoms with Gasteiger partial charge in [-0.3, -0.25) is 4.79 Å². The van der Waals surface area contributed by atoms with Crippen LogP contribution in [0.2, 0.25) is 0 Å². The molecule has 0 atom stereocenters. The molecule has 0 aliphatic carbocycles. The van der Waals surface area contributed by atoms with Gasteiger partial charge < -0.3 is 4.74 Å². The average Bonchev–Trinajstić information content (AvgIpc) is 2.96. The molecule has 0 aliphatic heterocycles. The Balaban J connectivity index is 1.60. The minimum absolute atomic E-state index is 0.0246. The van der Waals surface area contributed by atoms with Gasteiger partial charge in [-0.2, -0.15) is 5.10 Å². The molecule has 0 fully saturated rings. The zero-order valence-electron chi connectivity index (χ0n) is 10.9. The normalized spacial score (nSPS) is 10.8. The second kappa shape index (κ2) is 5.88. The maximum absolute atomic E-state index is 12.1. The summed E-state index contributed by atoms with van der Waals surface area (Å²) in [6.07, 6.45) is 2.50. The van der Waals surface area contributed by atoms with Crippen molar-refractivity contribution in [3.05, 3.63) is 58.3 Å². The van der Waals surface area contributed by atoms with Gasteiger partial charge in [0, 0.05) is 13.0 Å². The smallest absolute Gasteiger partial charge is 0.275 e. The third kappa shape index (κ3) is 2.72. The summed E-state index contributed by atoms with van der Waals surface area (Å²) >= 11 is 1.54. The lowest BCUT2D eigenvalue weighted by Crippen LogP contribution is -2.23. The quantitative estimate of drug-likeness (QED) is 0.677. The third-order valence-electron chi connectivity index (χ3n) is 3.00. The zero-order chi connectivity index (χ0) is 13.8. The molecular formula is C15H14N2O2S. The lowest BCUT2D eigenvalue weighted by Gasteiger charge is -2.07. The molecule has 0 N–H and O–H groups in total. The van der Waals surface area contributed by atoms with Crippen LogP contribution in [0.15, 0.2) is 52.8 Å². The van der Waals surface area contributed by atoms with Crippen LogP contribution in [0.25, 0.3) is 10.1 Å². The number of aromatic nitrogens is 2. The molecular weight excluding hydrogens is 272 g/mol. The Morgan fingerprint density at radius 2 is 2.05 bits per heavy atom. The molecule has 0 unspecified atom stereocenters. The average molecular weight is 286 g/mol. The first-order chi connectivity index (χ1) is 9.84. The van der Waals surface area contributed by atoms with E-state index in [9.17, 15) is 4.79 Å². The second-order valence-electron chi connectivity index (χ2n) is 4.39. The van der Waals surface area contributed by atoms with E-state index >= 15 is 0 Å². The van der Waals surface area contributed by atoms with Gasteiger partial charge in [0.05, 0.1) is 22.9 Å². The van der Waals surface area contributed by atoms with Crippen LogP contribution in [0.3, 0.4) is 0 Å². The minimum Gasteiger partial charge on any atom is -0.494 e. The fraction of sp³-hybridized carbons (Fsp3) is 0.200. The van der Waals surface area contributed by atoms with Crippen molar-refractivity contribution in [2.75, 3.05) is 6.61 Å². The molecule has 2 heterocycles. The van der Waals surface area contributed by atoms with Gasteiger partial charge in [-0.15, -0.1) is 11.3 Å². The Bertz CT molecular complexity index is 749. The summed E-state index contributed by atoms with van der Waals surface area (Å²) < 4.78 is 8.04. The SMILES string of the molecule is O=c1c2ccsc2cnn1CCCOc1ccccc1. The van der Waals surface area contributed by atoms with Crippen LogP contribution in [-0.4, -0.2) is 16.4 Å². The van der Waals surface area contributed by atoms with E-state index in [1.807, 2.05) is 41.8 Å². The Morgan fingerprint density at radius 1 is 1.20 bits per heavy atom. The maximum Gasteiger partial charge on any atom is 0.275 e. The molecule has 0 saturated heterocycles. The van der Waals surface area contributed by atoms with E-state index in [0.29, 0.717) is 13.2 Å². The van der Waals surface area contributed by atoms with Gasteiger partial charge in [-0.1, -0.05) is 18.2 Å². The number of nitrogens with zero attached hydrogens (tertiary/aromatic N) is 2. The third-order valence-corrected chi connectivity index (χ3v) is 3.85. The molecule has 0 aliphatic rings. The Morgan fingerprint density at radius 3 is 2.90 bits per heavy atom. The van der Waals surface area contributed by atoms with Gasteiger partial charge in [0.25, 0.3) is 5.56 Å². The summed E-state index contributed by atoms with van der Waals surface area (Å²) in [5.41, 5.74) is -0.0246. The van der Waals surface area contributed by atoms with Crippen molar-refractivity contribution < 1.29 is 4.74 Å². The van der Waals surface area contributed by atoms with Crippen LogP contribution in [0.4, 0.5) is 0 Å². The van der Waals surface area contributed by atoms with Crippen molar-refractivity contribution in [2.45, 2.75) is 13.0 Å². The van der Waals surface area contributed by atoms with Crippen molar-refractivity contribution >= 4 is 21.4 Å². The van der Waals surface area contributed by atoms with Crippen molar-refractivity contribution in [1.29, 1.82) is 0 Å². The predicted molar refractivity (Wildman–Crippen MR) is 80.4 cm³/mol. The first-order valence-corrected chi connectivity index (χ1v) is 7.34. The lowest BCUT2D eigenvalue weighted by atomic mass is 10.3. The molecule has 3 aromatic rings. The van der Waals surface area contributed by atoms with E-state index < -0.39 is 0 Å². The van der Waals surface area contributed by atoms with Crippen molar-refractivity contribution in [2.24, 2.45) is 0 Å². The zero-order valence-corrected chi connectivity index (χ0v) is 11.7. The number of benzene rings is 1. The highest BCUT2D eigenvalue weighted by Crippen LogP contribution is 2.15. The molecule has 20 heavy (non-hydrogen) atoms. The van der Waals surface area contributed by atoms with E-state index in [2.05, 4.69) is 5.10 Å². The van der Waals surface area contributed by atoms with E-state index in [0.717, 1.165) is 22.3 Å². The highest BCUT2D eigenvalue weighted by molar-refractivity contribution is 7.17. The fourth-order valence-corrected chi connectivity index (χ4v) is 2.73. The number of ether oxygens (including phenoxy) is 1. The standard InChI is InChI=1S/C15H14N2O2S/c18-15-13-7-10-20-14(13)11-16-17(15)8-4-9-19-12-5-2-1-3-6-12/h1-3,5-7,10-11H,4,8-9H2. The Kier molecular flexibility index (Phi) is 3.78. The monoisotopic (exact) mass is 286 g/mol. The number of fused-ring (bicyclic) bond motifs is 1. The second-order valence-corrected chi connectivity index (χ2v) is 5.33. The van der Waals surface area contributed by atoms with Crippen LogP contribution in [-0.2, 0) is 6.54 Å². The molecule has 5 heteroatoms. The maximum atomic E-state index is 12.1. The summed E-state index contributed by atoms with van der Waals surface area (Å²) in [6, 6.07) is 11.5. The molecule has 3 rings (SSSR count). The number of thiophene rings is 1. The van der Waals surface area contributed by atoms with Gasteiger partial charge in [-0.25, -0.2) is 4.68 Å². The minimum atomic E-state index is -0.0246. The molecule has 1 aromatic carbocycles. The van der Waals surface area contributed by atoms with Crippen LogP contribution in [0.5, 0.6) is 5.75 Å². The molecule has 4 nitrogen and oxygen atoms in total. The van der Waals surface area contributed by atoms with Crippen LogP contribution in [0.1, 0.15) is 6.42 Å². The topological polar surface area (TPSA) is 44.1 Å². The Labute approximate surface area is 120 Å². The van der Waals surface area contributed by atoms with Crippen molar-refractivity contribution in [3.8, 4) is 5.75 Å². The van der Waals surface area contributed by atoms with Crippen LogP contribution >= 0.6 is 11.3 Å². The first-order valence-electron chi connectivity index (χ1n) is 6.46. The van der Waals surface area contributed by atoms with Crippen molar-refractivity contribution in [1.82, 2.24) is 9.78 Å². The predicted octanol–water partition coefficient (Wildman–Crippen LogP) is 2.93. The summed E-state index contributed by atoms with van der Waals surface area (Å²) in [4.78, 5) is 12.1. The van der Waals surface area contributed by atoms with Crippen molar-refractivity contribution in [3.63, 3.8) is 0 Å². The highest BCUT2D eigenvalue weighted by atomic mass is 32.1. The van der Waals surface area contributed by atoms with Gasteiger partial charge >= 0.3 is 0 Å². The molecule has 0 bridgehead atoms. The number of hydrogen-bond acceptors (Lipinski definition) is 4.